The maximum absolute atomic E-state index is 12.2. The Hall–Kier alpha value is -4.06. The summed E-state index contributed by atoms with van der Waals surface area (Å²) < 4.78 is 10.8. The van der Waals surface area contributed by atoms with Crippen molar-refractivity contribution < 1.29 is 13.9 Å². The molecule has 1 aromatic heterocycles. The number of nitrogens with two attached hydrogens (primary N) is 1. The second-order valence-corrected chi connectivity index (χ2v) is 7.72. The molecule has 0 saturated carbocycles. The number of aromatic nitrogens is 1. The number of anilines is 1. The van der Waals surface area contributed by atoms with Gasteiger partial charge in [0.1, 0.15) is 12.1 Å². The first-order chi connectivity index (χ1) is 15.7. The Labute approximate surface area is 185 Å². The van der Waals surface area contributed by atoms with Crippen molar-refractivity contribution in [1.82, 2.24) is 10.3 Å². The predicted octanol–water partition coefficient (Wildman–Crippen LogP) is 5.35. The van der Waals surface area contributed by atoms with Crippen LogP contribution >= 0.6 is 0 Å². The van der Waals surface area contributed by atoms with Gasteiger partial charge in [0.2, 0.25) is 0 Å². The zero-order chi connectivity index (χ0) is 21.9. The first kappa shape index (κ1) is 19.9. The van der Waals surface area contributed by atoms with Gasteiger partial charge in [-0.25, -0.2) is 4.79 Å². The minimum absolute atomic E-state index is 0.0635. The van der Waals surface area contributed by atoms with Gasteiger partial charge >= 0.3 is 6.09 Å². The topological polar surface area (TPSA) is 90.4 Å². The molecule has 6 nitrogen and oxygen atoms in total. The number of nitrogens with zero attached hydrogens (tertiary/aromatic N) is 1. The van der Waals surface area contributed by atoms with Crippen LogP contribution in [0.3, 0.4) is 0 Å². The summed E-state index contributed by atoms with van der Waals surface area (Å²) in [6.45, 7) is 0.808. The fourth-order valence-corrected chi connectivity index (χ4v) is 4.19. The van der Waals surface area contributed by atoms with Crippen LogP contribution in [0.4, 0.5) is 10.8 Å². The molecule has 1 aliphatic rings. The van der Waals surface area contributed by atoms with Crippen LogP contribution < -0.4 is 11.1 Å². The van der Waals surface area contributed by atoms with Gasteiger partial charge in [-0.05, 0) is 46.4 Å². The molecule has 0 bridgehead atoms. The average molecular weight is 425 g/mol. The zero-order valence-corrected chi connectivity index (χ0v) is 17.5. The number of hydrogen-bond acceptors (Lipinski definition) is 5. The Morgan fingerprint density at radius 1 is 1.06 bits per heavy atom. The van der Waals surface area contributed by atoms with E-state index in [-0.39, 0.29) is 11.9 Å². The molecule has 3 aromatic carbocycles. The van der Waals surface area contributed by atoms with Crippen LogP contribution in [0.25, 0.3) is 28.3 Å². The third kappa shape index (κ3) is 3.95. The van der Waals surface area contributed by atoms with Gasteiger partial charge in [-0.1, -0.05) is 66.7 Å². The van der Waals surface area contributed by atoms with Crippen LogP contribution in [0, 0.1) is 0 Å². The summed E-state index contributed by atoms with van der Waals surface area (Å²) in [6, 6.07) is 22.4. The minimum atomic E-state index is -0.403. The lowest BCUT2D eigenvalue weighted by molar-refractivity contribution is 0.143. The number of rotatable bonds is 6. The van der Waals surface area contributed by atoms with Crippen molar-refractivity contribution in [2.45, 2.75) is 12.3 Å². The molecule has 160 valence electrons. The first-order valence-corrected chi connectivity index (χ1v) is 10.6. The van der Waals surface area contributed by atoms with Crippen LogP contribution in [-0.2, 0) is 4.74 Å². The molecule has 0 unspecified atom stereocenters. The molecule has 1 amide bonds. The van der Waals surface area contributed by atoms with Crippen LogP contribution in [0.5, 0.6) is 0 Å². The molecule has 0 radical (unpaired) electrons. The third-order valence-electron chi connectivity index (χ3n) is 5.66. The molecule has 0 atom stereocenters. The highest BCUT2D eigenvalue weighted by Crippen LogP contribution is 2.44. The Balaban J connectivity index is 1.12. The summed E-state index contributed by atoms with van der Waals surface area (Å²) >= 11 is 0. The molecular weight excluding hydrogens is 402 g/mol. The maximum Gasteiger partial charge on any atom is 0.407 e. The van der Waals surface area contributed by atoms with Crippen molar-refractivity contribution in [3.05, 3.63) is 89.5 Å². The Kier molecular flexibility index (Phi) is 5.34. The molecule has 5 rings (SSSR count). The number of oxazole rings is 1. The lowest BCUT2D eigenvalue weighted by Crippen LogP contribution is -2.26. The molecule has 32 heavy (non-hydrogen) atoms. The highest BCUT2D eigenvalue weighted by atomic mass is 16.5. The quantitative estimate of drug-likeness (QED) is 0.406. The van der Waals surface area contributed by atoms with E-state index in [0.717, 1.165) is 11.1 Å². The molecule has 6 heteroatoms. The van der Waals surface area contributed by atoms with Gasteiger partial charge in [0.05, 0.1) is 0 Å². The Bertz CT molecular complexity index is 1260. The fourth-order valence-electron chi connectivity index (χ4n) is 4.19. The van der Waals surface area contributed by atoms with E-state index in [4.69, 9.17) is 14.9 Å². The summed E-state index contributed by atoms with van der Waals surface area (Å²) in [5.41, 5.74) is 12.8. The Morgan fingerprint density at radius 2 is 1.78 bits per heavy atom. The van der Waals surface area contributed by atoms with Crippen molar-refractivity contribution in [1.29, 1.82) is 0 Å². The summed E-state index contributed by atoms with van der Waals surface area (Å²) in [5, 5.41) is 2.82. The second-order valence-electron chi connectivity index (χ2n) is 7.72. The van der Waals surface area contributed by atoms with E-state index in [2.05, 4.69) is 34.6 Å². The third-order valence-corrected chi connectivity index (χ3v) is 5.66. The molecule has 0 aliphatic heterocycles. The summed E-state index contributed by atoms with van der Waals surface area (Å²) in [5.74, 6) is 0.0635. The lowest BCUT2D eigenvalue weighted by atomic mass is 9.98. The number of carbonyl (C=O) groups is 1. The highest BCUT2D eigenvalue weighted by Gasteiger charge is 2.28. The monoisotopic (exact) mass is 425 g/mol. The molecule has 1 aliphatic carbocycles. The van der Waals surface area contributed by atoms with Crippen LogP contribution in [-0.4, -0.2) is 24.2 Å². The van der Waals surface area contributed by atoms with E-state index in [0.29, 0.717) is 25.2 Å². The molecule has 0 fully saturated rings. The second kappa shape index (κ2) is 8.59. The van der Waals surface area contributed by atoms with Gasteiger partial charge in [-0.2, -0.15) is 4.98 Å². The van der Waals surface area contributed by atoms with E-state index < -0.39 is 6.09 Å². The number of amides is 1. The van der Waals surface area contributed by atoms with Crippen molar-refractivity contribution in [2.75, 3.05) is 18.9 Å². The van der Waals surface area contributed by atoms with Crippen LogP contribution in [0.2, 0.25) is 0 Å². The largest absolute Gasteiger partial charge is 0.449 e. The van der Waals surface area contributed by atoms with E-state index in [1.165, 1.54) is 22.3 Å². The summed E-state index contributed by atoms with van der Waals surface area (Å²) in [4.78, 5) is 16.3. The molecule has 1 heterocycles. The first-order valence-electron chi connectivity index (χ1n) is 10.6. The van der Waals surface area contributed by atoms with Crippen LogP contribution in [0.1, 0.15) is 29.0 Å². The molecule has 4 aromatic rings. The van der Waals surface area contributed by atoms with E-state index >= 15 is 0 Å². The minimum Gasteiger partial charge on any atom is -0.449 e. The SMILES string of the molecule is Nc1nc2cc(C=CCCNC(=O)OCC3c4ccccc4-c4ccccc43)ccc2o1. The Morgan fingerprint density at radius 3 is 2.53 bits per heavy atom. The molecule has 3 N–H and O–H groups in total. The number of fused-ring (bicyclic) bond motifs is 4. The number of nitrogen functional groups attached to an aromatic ring is 1. The van der Waals surface area contributed by atoms with Crippen molar-refractivity contribution >= 4 is 29.3 Å². The highest BCUT2D eigenvalue weighted by molar-refractivity contribution is 5.79. The lowest BCUT2D eigenvalue weighted by Gasteiger charge is -2.14. The molecule has 0 saturated heterocycles. The van der Waals surface area contributed by atoms with Crippen molar-refractivity contribution in [3.63, 3.8) is 0 Å². The predicted molar refractivity (Wildman–Crippen MR) is 125 cm³/mol. The summed E-state index contributed by atoms with van der Waals surface area (Å²) in [7, 11) is 0. The standard InChI is InChI=1S/C26H23N3O3/c27-25-29-23-15-17(12-13-24(23)32-25)7-5-6-14-28-26(30)31-16-22-20-10-3-1-8-18(20)19-9-2-4-11-21(19)22/h1-5,7-13,15,22H,6,14,16H2,(H2,27,29)(H,28,30). The molecular formula is C26H23N3O3. The number of hydrogen-bond donors (Lipinski definition) is 2. The number of ether oxygens (including phenoxy) is 1. The van der Waals surface area contributed by atoms with E-state index in [1.54, 1.807) is 0 Å². The van der Waals surface area contributed by atoms with E-state index in [9.17, 15) is 4.79 Å². The van der Waals surface area contributed by atoms with Crippen molar-refractivity contribution in [2.24, 2.45) is 0 Å². The van der Waals surface area contributed by atoms with Crippen LogP contribution in [0.15, 0.2) is 77.2 Å². The normalized spacial score (nSPS) is 12.8. The van der Waals surface area contributed by atoms with Crippen molar-refractivity contribution in [3.8, 4) is 11.1 Å². The maximum atomic E-state index is 12.2. The number of alkyl carbamates (subject to hydrolysis) is 1. The van der Waals surface area contributed by atoms with E-state index in [1.807, 2.05) is 54.6 Å². The molecule has 0 spiro atoms. The smallest absolute Gasteiger partial charge is 0.407 e. The number of benzene rings is 3. The van der Waals surface area contributed by atoms with Gasteiger partial charge in [0.15, 0.2) is 5.58 Å². The number of nitrogens with one attached hydrogen (secondary N) is 1. The van der Waals surface area contributed by atoms with Gasteiger partial charge in [0.25, 0.3) is 6.01 Å². The summed E-state index contributed by atoms with van der Waals surface area (Å²) in [6.07, 6.45) is 4.25. The number of carbonyl (C=O) groups excluding carboxylic acids is 1. The van der Waals surface area contributed by atoms with Gasteiger partial charge in [-0.15, -0.1) is 0 Å². The zero-order valence-electron chi connectivity index (χ0n) is 17.5. The van der Waals surface area contributed by atoms with Gasteiger partial charge < -0.3 is 20.2 Å². The van der Waals surface area contributed by atoms with Gasteiger partial charge in [0, 0.05) is 12.5 Å². The fraction of sp³-hybridized carbons (Fsp3) is 0.154. The van der Waals surface area contributed by atoms with Gasteiger partial charge in [-0.3, -0.25) is 0 Å². The average Bonchev–Trinajstić information content (AvgIpc) is 3.34.